The van der Waals surface area contributed by atoms with Crippen LogP contribution < -0.4 is 10.1 Å². The Hall–Kier alpha value is -1.79. The van der Waals surface area contributed by atoms with Crippen molar-refractivity contribution in [3.8, 4) is 18.1 Å². The number of nitrogens with one attached hydrogen (secondary N) is 1. The van der Waals surface area contributed by atoms with Crippen LogP contribution in [0.1, 0.15) is 23.7 Å². The lowest BCUT2D eigenvalue weighted by atomic mass is 10.1. The SMILES string of the molecule is C#CCNCC(=O)c1ccccc1OCCC. The number of carbonyl (C=O) groups is 1. The van der Waals surface area contributed by atoms with Crippen LogP contribution >= 0.6 is 0 Å². The molecule has 0 radical (unpaired) electrons. The van der Waals surface area contributed by atoms with Gasteiger partial charge in [0.2, 0.25) is 0 Å². The van der Waals surface area contributed by atoms with E-state index in [-0.39, 0.29) is 12.3 Å². The third kappa shape index (κ3) is 4.29. The van der Waals surface area contributed by atoms with Gasteiger partial charge in [-0.2, -0.15) is 0 Å². The molecule has 1 aromatic carbocycles. The van der Waals surface area contributed by atoms with Gasteiger partial charge in [-0.1, -0.05) is 25.0 Å². The number of benzene rings is 1. The van der Waals surface area contributed by atoms with E-state index in [1.165, 1.54) is 0 Å². The van der Waals surface area contributed by atoms with Crippen molar-refractivity contribution in [1.82, 2.24) is 5.32 Å². The molecule has 0 saturated heterocycles. The summed E-state index contributed by atoms with van der Waals surface area (Å²) in [4.78, 5) is 11.9. The second-order valence-corrected chi connectivity index (χ2v) is 3.58. The highest BCUT2D eigenvalue weighted by atomic mass is 16.5. The highest BCUT2D eigenvalue weighted by Gasteiger charge is 2.10. The lowest BCUT2D eigenvalue weighted by molar-refractivity contribution is 0.0988. The van der Waals surface area contributed by atoms with Crippen LogP contribution in [0.25, 0.3) is 0 Å². The molecule has 3 heteroatoms. The summed E-state index contributed by atoms with van der Waals surface area (Å²) in [6.07, 6.45) is 6.02. The van der Waals surface area contributed by atoms with E-state index in [4.69, 9.17) is 11.2 Å². The number of ketones is 1. The van der Waals surface area contributed by atoms with E-state index >= 15 is 0 Å². The summed E-state index contributed by atoms with van der Waals surface area (Å²) in [5, 5.41) is 2.88. The molecule has 0 aliphatic heterocycles. The minimum Gasteiger partial charge on any atom is -0.493 e. The van der Waals surface area contributed by atoms with E-state index in [1.807, 2.05) is 25.1 Å². The molecule has 3 nitrogen and oxygen atoms in total. The molecule has 0 atom stereocenters. The maximum atomic E-state index is 11.9. The van der Waals surface area contributed by atoms with Crippen LogP contribution in [0.15, 0.2) is 24.3 Å². The van der Waals surface area contributed by atoms with Crippen molar-refractivity contribution >= 4 is 5.78 Å². The van der Waals surface area contributed by atoms with Gasteiger partial charge in [0.25, 0.3) is 0 Å². The smallest absolute Gasteiger partial charge is 0.180 e. The van der Waals surface area contributed by atoms with Crippen LogP contribution in [0, 0.1) is 12.3 Å². The lowest BCUT2D eigenvalue weighted by Crippen LogP contribution is -2.23. The van der Waals surface area contributed by atoms with Gasteiger partial charge in [0.1, 0.15) is 5.75 Å². The van der Waals surface area contributed by atoms with E-state index in [0.717, 1.165) is 6.42 Å². The molecular formula is C14H17NO2. The zero-order valence-electron chi connectivity index (χ0n) is 10.0. The molecule has 0 unspecified atom stereocenters. The maximum absolute atomic E-state index is 11.9. The summed E-state index contributed by atoms with van der Waals surface area (Å²) in [6.45, 7) is 3.27. The number of terminal acetylenes is 1. The van der Waals surface area contributed by atoms with Crippen LogP contribution in [0.4, 0.5) is 0 Å². The molecule has 0 spiro atoms. The van der Waals surface area contributed by atoms with Gasteiger partial charge in [0.15, 0.2) is 5.78 Å². The second-order valence-electron chi connectivity index (χ2n) is 3.58. The van der Waals surface area contributed by atoms with Crippen LogP contribution in [-0.2, 0) is 0 Å². The van der Waals surface area contributed by atoms with Crippen LogP contribution in [-0.4, -0.2) is 25.5 Å². The zero-order chi connectivity index (χ0) is 12.5. The third-order valence-electron chi connectivity index (χ3n) is 2.16. The summed E-state index contributed by atoms with van der Waals surface area (Å²) in [5.74, 6) is 3.06. The minimum atomic E-state index is -0.00745. The van der Waals surface area contributed by atoms with Crippen molar-refractivity contribution < 1.29 is 9.53 Å². The predicted octanol–water partition coefficient (Wildman–Crippen LogP) is 1.88. The van der Waals surface area contributed by atoms with Gasteiger partial charge >= 0.3 is 0 Å². The Morgan fingerprint density at radius 2 is 2.24 bits per heavy atom. The number of hydrogen-bond acceptors (Lipinski definition) is 3. The number of Topliss-reactive ketones (excluding diaryl/α,β-unsaturated/α-hetero) is 1. The fraction of sp³-hybridized carbons (Fsp3) is 0.357. The van der Waals surface area contributed by atoms with Gasteiger partial charge in [0.05, 0.1) is 25.3 Å². The van der Waals surface area contributed by atoms with Crippen molar-refractivity contribution in [2.75, 3.05) is 19.7 Å². The van der Waals surface area contributed by atoms with Crippen molar-refractivity contribution in [2.45, 2.75) is 13.3 Å². The highest BCUT2D eigenvalue weighted by Crippen LogP contribution is 2.18. The fourth-order valence-electron chi connectivity index (χ4n) is 1.38. The van der Waals surface area contributed by atoms with Gasteiger partial charge in [-0.25, -0.2) is 0 Å². The van der Waals surface area contributed by atoms with E-state index in [2.05, 4.69) is 11.2 Å². The molecule has 0 fully saturated rings. The first-order chi connectivity index (χ1) is 8.29. The Bertz CT molecular complexity index is 407. The Morgan fingerprint density at radius 1 is 1.47 bits per heavy atom. The monoisotopic (exact) mass is 231 g/mol. The van der Waals surface area contributed by atoms with Crippen molar-refractivity contribution in [2.24, 2.45) is 0 Å². The Labute approximate surface area is 102 Å². The van der Waals surface area contributed by atoms with Gasteiger partial charge in [-0.3, -0.25) is 10.1 Å². The minimum absolute atomic E-state index is 0.00745. The Balaban J connectivity index is 2.68. The van der Waals surface area contributed by atoms with Gasteiger partial charge in [-0.15, -0.1) is 6.42 Å². The Morgan fingerprint density at radius 3 is 2.94 bits per heavy atom. The summed E-state index contributed by atoms with van der Waals surface area (Å²) in [7, 11) is 0. The number of rotatable bonds is 7. The standard InChI is InChI=1S/C14H17NO2/c1-3-9-15-11-13(16)12-7-5-6-8-14(12)17-10-4-2/h1,5-8,15H,4,9-11H2,2H3. The summed E-state index contributed by atoms with van der Waals surface area (Å²) >= 11 is 0. The van der Waals surface area contributed by atoms with Crippen LogP contribution in [0.5, 0.6) is 5.75 Å². The van der Waals surface area contributed by atoms with Crippen molar-refractivity contribution in [1.29, 1.82) is 0 Å². The molecule has 0 heterocycles. The molecule has 17 heavy (non-hydrogen) atoms. The molecule has 0 aliphatic carbocycles. The predicted molar refractivity (Wildman–Crippen MR) is 68.3 cm³/mol. The zero-order valence-corrected chi connectivity index (χ0v) is 10.0. The first kappa shape index (κ1) is 13.3. The van der Waals surface area contributed by atoms with Gasteiger partial charge in [-0.05, 0) is 18.6 Å². The summed E-state index contributed by atoms with van der Waals surface area (Å²) < 4.78 is 5.52. The molecule has 0 bridgehead atoms. The maximum Gasteiger partial charge on any atom is 0.180 e. The fourth-order valence-corrected chi connectivity index (χ4v) is 1.38. The van der Waals surface area contributed by atoms with Gasteiger partial charge < -0.3 is 4.74 Å². The molecule has 1 rings (SSSR count). The molecule has 0 amide bonds. The van der Waals surface area contributed by atoms with E-state index < -0.39 is 0 Å². The molecular weight excluding hydrogens is 214 g/mol. The summed E-state index contributed by atoms with van der Waals surface area (Å²) in [6, 6.07) is 7.26. The topological polar surface area (TPSA) is 38.3 Å². The second kappa shape index (κ2) is 7.48. The first-order valence-corrected chi connectivity index (χ1v) is 5.68. The van der Waals surface area contributed by atoms with E-state index in [0.29, 0.717) is 24.5 Å². The third-order valence-corrected chi connectivity index (χ3v) is 2.16. The molecule has 0 saturated carbocycles. The largest absolute Gasteiger partial charge is 0.493 e. The lowest BCUT2D eigenvalue weighted by Gasteiger charge is -2.09. The molecule has 1 N–H and O–H groups in total. The van der Waals surface area contributed by atoms with E-state index in [1.54, 1.807) is 6.07 Å². The molecule has 0 aliphatic rings. The average molecular weight is 231 g/mol. The quantitative estimate of drug-likeness (QED) is 0.442. The summed E-state index contributed by atoms with van der Waals surface area (Å²) in [5.41, 5.74) is 0.602. The van der Waals surface area contributed by atoms with E-state index in [9.17, 15) is 4.79 Å². The van der Waals surface area contributed by atoms with Crippen molar-refractivity contribution in [3.63, 3.8) is 0 Å². The van der Waals surface area contributed by atoms with Crippen molar-refractivity contribution in [3.05, 3.63) is 29.8 Å². The van der Waals surface area contributed by atoms with Crippen LogP contribution in [0.2, 0.25) is 0 Å². The Kier molecular flexibility index (Phi) is 5.84. The number of para-hydroxylation sites is 1. The highest BCUT2D eigenvalue weighted by molar-refractivity contribution is 6.00. The molecule has 90 valence electrons. The molecule has 1 aromatic rings. The number of ether oxygens (including phenoxy) is 1. The first-order valence-electron chi connectivity index (χ1n) is 5.68. The number of carbonyl (C=O) groups excluding carboxylic acids is 1. The normalized spacial score (nSPS) is 9.65. The van der Waals surface area contributed by atoms with Crippen LogP contribution in [0.3, 0.4) is 0 Å². The number of hydrogen-bond donors (Lipinski definition) is 1. The average Bonchev–Trinajstić information content (AvgIpc) is 2.37. The van der Waals surface area contributed by atoms with Gasteiger partial charge in [0, 0.05) is 0 Å². The molecule has 0 aromatic heterocycles.